The number of anilines is 1. The van der Waals surface area contributed by atoms with Gasteiger partial charge in [-0.2, -0.15) is 0 Å². The van der Waals surface area contributed by atoms with E-state index in [-0.39, 0.29) is 24.7 Å². The van der Waals surface area contributed by atoms with E-state index in [9.17, 15) is 17.6 Å². The molecule has 28 heavy (non-hydrogen) atoms. The number of carbonyl (C=O) groups is 1. The fraction of sp³-hybridized carbons (Fsp3) is 0.350. The van der Waals surface area contributed by atoms with Gasteiger partial charge >= 0.3 is 0 Å². The zero-order valence-corrected chi connectivity index (χ0v) is 16.4. The van der Waals surface area contributed by atoms with Crippen LogP contribution in [0.25, 0.3) is 0 Å². The summed E-state index contributed by atoms with van der Waals surface area (Å²) in [6, 6.07) is 13.1. The molecule has 150 valence electrons. The molecular formula is C20H23FN2O4S. The first-order valence-corrected chi connectivity index (χ1v) is 10.9. The number of sulfonamides is 1. The van der Waals surface area contributed by atoms with Crippen molar-refractivity contribution in [2.75, 3.05) is 23.7 Å². The van der Waals surface area contributed by atoms with Crippen LogP contribution < -0.4 is 14.4 Å². The molecular weight excluding hydrogens is 383 g/mol. The summed E-state index contributed by atoms with van der Waals surface area (Å²) >= 11 is 0. The van der Waals surface area contributed by atoms with Crippen molar-refractivity contribution in [3.8, 4) is 5.75 Å². The summed E-state index contributed by atoms with van der Waals surface area (Å²) in [5.74, 6) is -0.174. The second-order valence-electron chi connectivity index (χ2n) is 6.72. The van der Waals surface area contributed by atoms with Crippen molar-refractivity contribution in [2.24, 2.45) is 0 Å². The molecule has 0 spiro atoms. The highest BCUT2D eigenvalue weighted by Gasteiger charge is 2.30. The third kappa shape index (κ3) is 5.01. The van der Waals surface area contributed by atoms with Gasteiger partial charge in [-0.25, -0.2) is 12.8 Å². The molecule has 2 aromatic rings. The molecule has 0 aliphatic carbocycles. The number of nitrogens with one attached hydrogen (secondary N) is 1. The number of halogens is 1. The molecule has 0 saturated heterocycles. The van der Waals surface area contributed by atoms with Crippen LogP contribution in [0.5, 0.6) is 5.75 Å². The molecule has 1 aliphatic heterocycles. The number of hydrogen-bond acceptors (Lipinski definition) is 4. The van der Waals surface area contributed by atoms with Gasteiger partial charge in [-0.05, 0) is 42.7 Å². The number of amides is 1. The Labute approximate surface area is 164 Å². The Morgan fingerprint density at radius 3 is 2.64 bits per heavy atom. The van der Waals surface area contributed by atoms with Crippen molar-refractivity contribution in [3.05, 3.63) is 59.9 Å². The van der Waals surface area contributed by atoms with Crippen molar-refractivity contribution >= 4 is 21.6 Å². The highest BCUT2D eigenvalue weighted by molar-refractivity contribution is 7.92. The number of para-hydroxylation sites is 2. The van der Waals surface area contributed by atoms with E-state index < -0.39 is 16.1 Å². The fourth-order valence-electron chi connectivity index (χ4n) is 3.13. The van der Waals surface area contributed by atoms with Gasteiger partial charge in [0.05, 0.1) is 11.9 Å². The quantitative estimate of drug-likeness (QED) is 0.748. The largest absolute Gasteiger partial charge is 0.478 e. The second kappa shape index (κ2) is 8.60. The summed E-state index contributed by atoms with van der Waals surface area (Å²) in [7, 11) is -3.47. The lowest BCUT2D eigenvalue weighted by Crippen LogP contribution is -2.40. The monoisotopic (exact) mass is 406 g/mol. The molecule has 1 aliphatic rings. The SMILES string of the molecule is CS(=O)(=O)N1CC[C@H](C(=O)NCCCc2ccc(F)cc2)Oc2ccccc21. The van der Waals surface area contributed by atoms with E-state index >= 15 is 0 Å². The summed E-state index contributed by atoms with van der Waals surface area (Å²) in [6.07, 6.45) is 2.05. The van der Waals surface area contributed by atoms with E-state index in [1.54, 1.807) is 36.4 Å². The van der Waals surface area contributed by atoms with Gasteiger partial charge in [-0.3, -0.25) is 9.10 Å². The van der Waals surface area contributed by atoms with Crippen LogP contribution in [-0.4, -0.2) is 39.8 Å². The number of fused-ring (bicyclic) bond motifs is 1. The first-order valence-electron chi connectivity index (χ1n) is 9.10. The number of hydrogen-bond donors (Lipinski definition) is 1. The van der Waals surface area contributed by atoms with Gasteiger partial charge in [-0.1, -0.05) is 24.3 Å². The summed E-state index contributed by atoms with van der Waals surface area (Å²) < 4.78 is 44.2. The van der Waals surface area contributed by atoms with E-state index in [2.05, 4.69) is 5.32 Å². The van der Waals surface area contributed by atoms with Crippen LogP contribution in [-0.2, 0) is 21.2 Å². The average Bonchev–Trinajstić information content (AvgIpc) is 2.86. The molecule has 0 radical (unpaired) electrons. The Hall–Kier alpha value is -2.61. The van der Waals surface area contributed by atoms with Gasteiger partial charge in [0, 0.05) is 19.5 Å². The van der Waals surface area contributed by atoms with Gasteiger partial charge in [0.2, 0.25) is 10.0 Å². The third-order valence-electron chi connectivity index (χ3n) is 4.55. The number of carbonyl (C=O) groups excluding carboxylic acids is 1. The van der Waals surface area contributed by atoms with E-state index in [0.29, 0.717) is 24.4 Å². The summed E-state index contributed by atoms with van der Waals surface area (Å²) in [5, 5.41) is 2.84. The van der Waals surface area contributed by atoms with Crippen LogP contribution in [0.4, 0.5) is 10.1 Å². The standard InChI is InChI=1S/C20H23FN2O4S/c1-28(25,26)23-14-12-19(27-18-7-3-2-6-17(18)23)20(24)22-13-4-5-15-8-10-16(21)11-9-15/h2-3,6-11,19H,4-5,12-14H2,1H3,(H,22,24)/t19-/m1/s1. The zero-order chi connectivity index (χ0) is 20.1. The lowest BCUT2D eigenvalue weighted by molar-refractivity contribution is -0.128. The van der Waals surface area contributed by atoms with Crippen molar-refractivity contribution in [1.29, 1.82) is 0 Å². The Morgan fingerprint density at radius 1 is 1.21 bits per heavy atom. The van der Waals surface area contributed by atoms with Crippen LogP contribution in [0, 0.1) is 5.82 Å². The molecule has 0 aromatic heterocycles. The maximum absolute atomic E-state index is 12.9. The van der Waals surface area contributed by atoms with Gasteiger partial charge < -0.3 is 10.1 Å². The van der Waals surface area contributed by atoms with Crippen LogP contribution in [0.3, 0.4) is 0 Å². The maximum Gasteiger partial charge on any atom is 0.261 e. The smallest absolute Gasteiger partial charge is 0.261 e. The van der Waals surface area contributed by atoms with E-state index in [4.69, 9.17) is 4.74 Å². The third-order valence-corrected chi connectivity index (χ3v) is 5.72. The highest BCUT2D eigenvalue weighted by Crippen LogP contribution is 2.33. The Balaban J connectivity index is 1.58. The molecule has 0 fully saturated rings. The van der Waals surface area contributed by atoms with Crippen LogP contribution in [0.1, 0.15) is 18.4 Å². The normalized spacial score (nSPS) is 16.6. The predicted molar refractivity (Wildman–Crippen MR) is 105 cm³/mol. The molecule has 2 aromatic carbocycles. The topological polar surface area (TPSA) is 75.7 Å². The number of nitrogens with zero attached hydrogens (tertiary/aromatic N) is 1. The van der Waals surface area contributed by atoms with E-state index in [0.717, 1.165) is 18.2 Å². The molecule has 6 nitrogen and oxygen atoms in total. The highest BCUT2D eigenvalue weighted by atomic mass is 32.2. The lowest BCUT2D eigenvalue weighted by atomic mass is 10.1. The van der Waals surface area contributed by atoms with Crippen LogP contribution >= 0.6 is 0 Å². The molecule has 1 heterocycles. The fourth-order valence-corrected chi connectivity index (χ4v) is 4.07. The van der Waals surface area contributed by atoms with Crippen molar-refractivity contribution in [1.82, 2.24) is 5.32 Å². The Morgan fingerprint density at radius 2 is 1.93 bits per heavy atom. The van der Waals surface area contributed by atoms with Crippen molar-refractivity contribution in [3.63, 3.8) is 0 Å². The van der Waals surface area contributed by atoms with Gasteiger partial charge in [0.25, 0.3) is 5.91 Å². The molecule has 1 N–H and O–H groups in total. The van der Waals surface area contributed by atoms with Gasteiger partial charge in [-0.15, -0.1) is 0 Å². The molecule has 1 amide bonds. The number of aryl methyl sites for hydroxylation is 1. The molecule has 8 heteroatoms. The van der Waals surface area contributed by atoms with Crippen LogP contribution in [0.2, 0.25) is 0 Å². The maximum atomic E-state index is 12.9. The van der Waals surface area contributed by atoms with Gasteiger partial charge in [0.15, 0.2) is 6.10 Å². The number of ether oxygens (including phenoxy) is 1. The summed E-state index contributed by atoms with van der Waals surface area (Å²) in [5.41, 5.74) is 1.44. The zero-order valence-electron chi connectivity index (χ0n) is 15.6. The lowest BCUT2D eigenvalue weighted by Gasteiger charge is -2.20. The minimum atomic E-state index is -3.47. The Bertz CT molecular complexity index is 931. The minimum absolute atomic E-state index is 0.170. The predicted octanol–water partition coefficient (Wildman–Crippen LogP) is 2.49. The van der Waals surface area contributed by atoms with Crippen LogP contribution in [0.15, 0.2) is 48.5 Å². The molecule has 0 saturated carbocycles. The first kappa shape index (κ1) is 20.1. The number of rotatable bonds is 6. The molecule has 0 bridgehead atoms. The first-order chi connectivity index (χ1) is 13.3. The summed E-state index contributed by atoms with van der Waals surface area (Å²) in [4.78, 5) is 12.5. The van der Waals surface area contributed by atoms with Gasteiger partial charge in [0.1, 0.15) is 11.6 Å². The minimum Gasteiger partial charge on any atom is -0.478 e. The molecule has 1 atom stereocenters. The summed E-state index contributed by atoms with van der Waals surface area (Å²) in [6.45, 7) is 0.622. The second-order valence-corrected chi connectivity index (χ2v) is 8.63. The van der Waals surface area contributed by atoms with Crippen molar-refractivity contribution < 1.29 is 22.3 Å². The molecule has 0 unspecified atom stereocenters. The van der Waals surface area contributed by atoms with E-state index in [1.807, 2.05) is 0 Å². The number of benzene rings is 2. The average molecular weight is 406 g/mol. The van der Waals surface area contributed by atoms with Crippen molar-refractivity contribution in [2.45, 2.75) is 25.4 Å². The molecule has 3 rings (SSSR count). The van der Waals surface area contributed by atoms with E-state index in [1.165, 1.54) is 16.4 Å². The Kier molecular flexibility index (Phi) is 6.18.